The molecule has 84 valence electrons. The maximum atomic E-state index is 10.7. The van der Waals surface area contributed by atoms with Crippen LogP contribution in [0.2, 0.25) is 0 Å². The van der Waals surface area contributed by atoms with Crippen LogP contribution in [-0.2, 0) is 0 Å². The van der Waals surface area contributed by atoms with Gasteiger partial charge < -0.3 is 11.1 Å². The van der Waals surface area contributed by atoms with Gasteiger partial charge in [0.2, 0.25) is 5.82 Å². The number of pyridine rings is 1. The molecular formula is C10H12N4O2. The van der Waals surface area contributed by atoms with Crippen molar-refractivity contribution in [1.82, 2.24) is 10.3 Å². The van der Waals surface area contributed by atoms with Gasteiger partial charge in [-0.05, 0) is 14.0 Å². The predicted octanol–water partition coefficient (Wildman–Crippen LogP) is 0.451. The number of hydrogen-bond acceptors (Lipinski definition) is 5. The fraction of sp³-hybridized carbons (Fsp3) is 0.300. The van der Waals surface area contributed by atoms with Gasteiger partial charge in [-0.15, -0.1) is 0 Å². The Kier molecular flexibility index (Phi) is 3.80. The number of nitrogen functional groups attached to an aromatic ring is 1. The van der Waals surface area contributed by atoms with Crippen LogP contribution in [0.1, 0.15) is 11.1 Å². The average Bonchev–Trinajstić information content (AvgIpc) is 2.21. The smallest absolute Gasteiger partial charge is 0.315 e. The second-order valence-electron chi connectivity index (χ2n) is 3.12. The minimum atomic E-state index is -0.541. The van der Waals surface area contributed by atoms with Gasteiger partial charge in [-0.3, -0.25) is 10.1 Å². The van der Waals surface area contributed by atoms with Gasteiger partial charge in [0, 0.05) is 11.8 Å². The van der Waals surface area contributed by atoms with Crippen LogP contribution >= 0.6 is 0 Å². The molecule has 1 aromatic rings. The van der Waals surface area contributed by atoms with E-state index in [0.717, 1.165) is 0 Å². The third kappa shape index (κ3) is 2.46. The van der Waals surface area contributed by atoms with E-state index in [0.29, 0.717) is 17.7 Å². The van der Waals surface area contributed by atoms with Crippen LogP contribution in [0.3, 0.4) is 0 Å². The first kappa shape index (κ1) is 11.9. The Balaban J connectivity index is 3.20. The number of nitro groups is 1. The number of aromatic nitrogens is 1. The Bertz CT molecular complexity index is 474. The third-order valence-corrected chi connectivity index (χ3v) is 2.01. The largest absolute Gasteiger partial charge is 0.378 e. The molecule has 0 radical (unpaired) electrons. The van der Waals surface area contributed by atoms with Gasteiger partial charge >= 0.3 is 5.69 Å². The van der Waals surface area contributed by atoms with E-state index in [-0.39, 0.29) is 11.5 Å². The van der Waals surface area contributed by atoms with Crippen molar-refractivity contribution in [3.05, 3.63) is 27.4 Å². The molecule has 0 saturated heterocycles. The standard InChI is InChI=1S/C10H12N4O2/c1-7-8(4-3-5-12-2)6-13-10(11)9(7)14(15)16/h6,12H,5H2,1-2H3,(H2,11,13). The minimum Gasteiger partial charge on any atom is -0.378 e. The molecule has 1 rings (SSSR count). The molecule has 3 N–H and O–H groups in total. The van der Waals surface area contributed by atoms with Crippen LogP contribution < -0.4 is 11.1 Å². The van der Waals surface area contributed by atoms with E-state index in [4.69, 9.17) is 5.73 Å². The van der Waals surface area contributed by atoms with Crippen LogP contribution in [0.5, 0.6) is 0 Å². The molecule has 1 heterocycles. The molecule has 0 fully saturated rings. The van der Waals surface area contributed by atoms with Crippen LogP contribution in [0.4, 0.5) is 11.5 Å². The van der Waals surface area contributed by atoms with E-state index in [1.165, 1.54) is 6.20 Å². The zero-order valence-electron chi connectivity index (χ0n) is 9.07. The summed E-state index contributed by atoms with van der Waals surface area (Å²) in [5, 5.41) is 13.6. The number of rotatable bonds is 2. The highest BCUT2D eigenvalue weighted by molar-refractivity contribution is 5.62. The molecule has 6 heteroatoms. The van der Waals surface area contributed by atoms with Crippen LogP contribution in [0.15, 0.2) is 6.20 Å². The van der Waals surface area contributed by atoms with Gasteiger partial charge in [0.25, 0.3) is 0 Å². The Morgan fingerprint density at radius 2 is 2.38 bits per heavy atom. The molecule has 6 nitrogen and oxygen atoms in total. The monoisotopic (exact) mass is 220 g/mol. The van der Waals surface area contributed by atoms with Gasteiger partial charge in [0.1, 0.15) is 0 Å². The van der Waals surface area contributed by atoms with E-state index in [1.54, 1.807) is 14.0 Å². The van der Waals surface area contributed by atoms with Gasteiger partial charge in [0.05, 0.1) is 17.0 Å². The summed E-state index contributed by atoms with van der Waals surface area (Å²) in [6.45, 7) is 2.12. The maximum absolute atomic E-state index is 10.7. The molecule has 0 aliphatic carbocycles. The summed E-state index contributed by atoms with van der Waals surface area (Å²) in [7, 11) is 1.77. The lowest BCUT2D eigenvalue weighted by Crippen LogP contribution is -2.05. The molecule has 0 aliphatic heterocycles. The number of anilines is 1. The van der Waals surface area contributed by atoms with Crippen LogP contribution in [0, 0.1) is 28.9 Å². The molecule has 0 aromatic carbocycles. The van der Waals surface area contributed by atoms with Crippen molar-refractivity contribution in [2.24, 2.45) is 0 Å². The lowest BCUT2D eigenvalue weighted by Gasteiger charge is -2.01. The van der Waals surface area contributed by atoms with E-state index in [2.05, 4.69) is 22.1 Å². The van der Waals surface area contributed by atoms with Crippen molar-refractivity contribution in [1.29, 1.82) is 0 Å². The summed E-state index contributed by atoms with van der Waals surface area (Å²) in [4.78, 5) is 14.0. The van der Waals surface area contributed by atoms with Crippen molar-refractivity contribution in [3.63, 3.8) is 0 Å². The highest BCUT2D eigenvalue weighted by atomic mass is 16.6. The first-order valence-electron chi connectivity index (χ1n) is 4.61. The molecule has 0 saturated carbocycles. The lowest BCUT2D eigenvalue weighted by molar-refractivity contribution is -0.384. The van der Waals surface area contributed by atoms with E-state index in [1.807, 2.05) is 0 Å². The first-order valence-corrected chi connectivity index (χ1v) is 4.61. The van der Waals surface area contributed by atoms with Crippen molar-refractivity contribution in [2.45, 2.75) is 6.92 Å². The highest BCUT2D eigenvalue weighted by Gasteiger charge is 2.18. The summed E-state index contributed by atoms with van der Waals surface area (Å²) in [6.07, 6.45) is 1.44. The molecule has 1 aromatic heterocycles. The number of nitrogens with two attached hydrogens (primary N) is 1. The Hall–Kier alpha value is -2.13. The number of nitrogens with one attached hydrogen (secondary N) is 1. The van der Waals surface area contributed by atoms with Crippen LogP contribution in [-0.4, -0.2) is 23.5 Å². The van der Waals surface area contributed by atoms with E-state index >= 15 is 0 Å². The molecule has 0 bridgehead atoms. The van der Waals surface area contributed by atoms with Gasteiger partial charge in [0.15, 0.2) is 0 Å². The van der Waals surface area contributed by atoms with Crippen molar-refractivity contribution >= 4 is 11.5 Å². The van der Waals surface area contributed by atoms with Gasteiger partial charge in [-0.25, -0.2) is 4.98 Å². The highest BCUT2D eigenvalue weighted by Crippen LogP contribution is 2.25. The maximum Gasteiger partial charge on any atom is 0.315 e. The Labute approximate surface area is 93.0 Å². The second kappa shape index (κ2) is 5.09. The molecule has 0 aliphatic rings. The van der Waals surface area contributed by atoms with Gasteiger partial charge in [-0.1, -0.05) is 11.8 Å². The zero-order chi connectivity index (χ0) is 12.1. The molecule has 0 spiro atoms. The number of nitrogens with zero attached hydrogens (tertiary/aromatic N) is 2. The lowest BCUT2D eigenvalue weighted by atomic mass is 10.1. The predicted molar refractivity (Wildman–Crippen MR) is 60.8 cm³/mol. The van der Waals surface area contributed by atoms with Crippen LogP contribution in [0.25, 0.3) is 0 Å². The molecule has 0 atom stereocenters. The summed E-state index contributed by atoms with van der Waals surface area (Å²) in [6, 6.07) is 0. The topological polar surface area (TPSA) is 94.1 Å². The quantitative estimate of drug-likeness (QED) is 0.428. The van der Waals surface area contributed by atoms with E-state index in [9.17, 15) is 10.1 Å². The van der Waals surface area contributed by atoms with Crippen molar-refractivity contribution in [3.8, 4) is 11.8 Å². The number of hydrogen-bond donors (Lipinski definition) is 2. The summed E-state index contributed by atoms with van der Waals surface area (Å²) >= 11 is 0. The normalized spacial score (nSPS) is 9.38. The summed E-state index contributed by atoms with van der Waals surface area (Å²) in [5.74, 6) is 5.53. The molecule has 0 amide bonds. The van der Waals surface area contributed by atoms with E-state index < -0.39 is 4.92 Å². The fourth-order valence-corrected chi connectivity index (χ4v) is 1.20. The van der Waals surface area contributed by atoms with Crippen molar-refractivity contribution in [2.75, 3.05) is 19.3 Å². The first-order chi connectivity index (χ1) is 7.57. The molecular weight excluding hydrogens is 208 g/mol. The minimum absolute atomic E-state index is 0.0818. The van der Waals surface area contributed by atoms with Gasteiger partial charge in [-0.2, -0.15) is 0 Å². The SMILES string of the molecule is CNCC#Cc1cnc(N)c([N+](=O)[O-])c1C. The zero-order valence-corrected chi connectivity index (χ0v) is 9.07. The Morgan fingerprint density at radius 3 is 2.94 bits per heavy atom. The average molecular weight is 220 g/mol. The van der Waals surface area contributed by atoms with Crippen molar-refractivity contribution < 1.29 is 4.92 Å². The fourth-order valence-electron chi connectivity index (χ4n) is 1.20. The molecule has 0 unspecified atom stereocenters. The summed E-state index contributed by atoms with van der Waals surface area (Å²) in [5.41, 5.74) is 6.23. The Morgan fingerprint density at radius 1 is 1.69 bits per heavy atom. The molecule has 16 heavy (non-hydrogen) atoms. The second-order valence-corrected chi connectivity index (χ2v) is 3.12. The summed E-state index contributed by atoms with van der Waals surface area (Å²) < 4.78 is 0. The third-order valence-electron chi connectivity index (χ3n) is 2.01.